The highest BCUT2D eigenvalue weighted by atomic mass is 16.2. The van der Waals surface area contributed by atoms with E-state index in [0.717, 1.165) is 13.0 Å². The van der Waals surface area contributed by atoms with Gasteiger partial charge in [-0.1, -0.05) is 55.5 Å². The molecule has 31 heavy (non-hydrogen) atoms. The Kier molecular flexibility index (Phi) is 8.14. The number of piperazine rings is 1. The third kappa shape index (κ3) is 5.48. The third-order valence-corrected chi connectivity index (χ3v) is 5.75. The van der Waals surface area contributed by atoms with E-state index in [4.69, 9.17) is 0 Å². The van der Waals surface area contributed by atoms with E-state index in [0.29, 0.717) is 25.1 Å². The van der Waals surface area contributed by atoms with Crippen LogP contribution >= 0.6 is 0 Å². The minimum atomic E-state index is -0.155. The number of carbonyl (C=O) groups is 1. The summed E-state index contributed by atoms with van der Waals surface area (Å²) in [5.41, 5.74) is 3.13. The van der Waals surface area contributed by atoms with Gasteiger partial charge in [0.05, 0.1) is 30.1 Å². The second-order valence-electron chi connectivity index (χ2n) is 7.69. The van der Waals surface area contributed by atoms with Crippen molar-refractivity contribution in [3.05, 3.63) is 89.8 Å². The van der Waals surface area contributed by atoms with Crippen LogP contribution in [0.4, 0.5) is 0 Å². The van der Waals surface area contributed by atoms with Gasteiger partial charge in [0.2, 0.25) is 0 Å². The van der Waals surface area contributed by atoms with Gasteiger partial charge >= 0.3 is 0 Å². The van der Waals surface area contributed by atoms with Crippen LogP contribution in [-0.2, 0) is 0 Å². The fraction of sp³-hybridized carbons (Fsp3) is 0.346. The van der Waals surface area contributed by atoms with E-state index >= 15 is 0 Å². The zero-order valence-electron chi connectivity index (χ0n) is 18.3. The number of amides is 1. The average Bonchev–Trinajstić information content (AvgIpc) is 2.82. The van der Waals surface area contributed by atoms with Gasteiger partial charge < -0.3 is 4.90 Å². The van der Waals surface area contributed by atoms with Crippen LogP contribution < -0.4 is 0 Å². The highest BCUT2D eigenvalue weighted by Gasteiger charge is 2.35. The first kappa shape index (κ1) is 22.5. The Morgan fingerprint density at radius 1 is 1.26 bits per heavy atom. The standard InChI is InChI=1S/C26H30N4O/c1-3-5-10-21(4-2)25(22-11-7-6-8-12-22)29-17-18-30(24(20-29)14-15-27)26(31)23-13-9-16-28-19-23/h3,5-13,16,19,24-25H,4,14,17-18,20H2,1-2H3/b5-3-,21-10+/t24-,25?/m0/s1. The van der Waals surface area contributed by atoms with Gasteiger partial charge in [0, 0.05) is 32.0 Å². The number of aromatic nitrogens is 1. The predicted molar refractivity (Wildman–Crippen MR) is 123 cm³/mol. The summed E-state index contributed by atoms with van der Waals surface area (Å²) in [7, 11) is 0. The molecule has 2 heterocycles. The van der Waals surface area contributed by atoms with Gasteiger partial charge in [-0.05, 0) is 36.6 Å². The molecule has 1 fully saturated rings. The van der Waals surface area contributed by atoms with Crippen molar-refractivity contribution >= 4 is 5.91 Å². The molecule has 0 aliphatic carbocycles. The van der Waals surface area contributed by atoms with Crippen LogP contribution in [0.15, 0.2) is 78.7 Å². The lowest BCUT2D eigenvalue weighted by atomic mass is 9.92. The maximum absolute atomic E-state index is 13.1. The summed E-state index contributed by atoms with van der Waals surface area (Å²) in [5, 5.41) is 9.46. The van der Waals surface area contributed by atoms with Crippen molar-refractivity contribution in [1.29, 1.82) is 5.26 Å². The fourth-order valence-electron chi connectivity index (χ4n) is 4.23. The SMILES string of the molecule is C/C=C\C=C(/CC)C(c1ccccc1)N1CCN(C(=O)c2cccnc2)[C@@H](CC#N)C1. The van der Waals surface area contributed by atoms with Crippen molar-refractivity contribution in [3.63, 3.8) is 0 Å². The maximum atomic E-state index is 13.1. The van der Waals surface area contributed by atoms with E-state index in [9.17, 15) is 10.1 Å². The molecule has 1 unspecified atom stereocenters. The van der Waals surface area contributed by atoms with E-state index in [1.165, 1.54) is 11.1 Å². The molecule has 0 radical (unpaired) electrons. The first-order valence-corrected chi connectivity index (χ1v) is 10.9. The Hall–Kier alpha value is -3.23. The third-order valence-electron chi connectivity index (χ3n) is 5.75. The lowest BCUT2D eigenvalue weighted by molar-refractivity contribution is 0.0391. The molecule has 2 aromatic rings. The Labute approximate surface area is 185 Å². The van der Waals surface area contributed by atoms with Crippen LogP contribution in [0.5, 0.6) is 0 Å². The van der Waals surface area contributed by atoms with Crippen molar-refractivity contribution in [2.45, 2.75) is 38.8 Å². The van der Waals surface area contributed by atoms with Gasteiger partial charge in [-0.15, -0.1) is 0 Å². The largest absolute Gasteiger partial charge is 0.332 e. The monoisotopic (exact) mass is 414 g/mol. The molecule has 1 aromatic heterocycles. The minimum Gasteiger partial charge on any atom is -0.332 e. The zero-order chi connectivity index (χ0) is 22.1. The second kappa shape index (κ2) is 11.2. The first-order valence-electron chi connectivity index (χ1n) is 10.9. The highest BCUT2D eigenvalue weighted by molar-refractivity contribution is 5.94. The van der Waals surface area contributed by atoms with Crippen molar-refractivity contribution in [1.82, 2.24) is 14.8 Å². The average molecular weight is 415 g/mol. The lowest BCUT2D eigenvalue weighted by Gasteiger charge is -2.44. The number of hydrogen-bond donors (Lipinski definition) is 0. The highest BCUT2D eigenvalue weighted by Crippen LogP contribution is 2.33. The smallest absolute Gasteiger partial charge is 0.255 e. The van der Waals surface area contributed by atoms with Gasteiger partial charge in [-0.2, -0.15) is 5.26 Å². The quantitative estimate of drug-likeness (QED) is 0.612. The Morgan fingerprint density at radius 2 is 2.06 bits per heavy atom. The molecule has 5 nitrogen and oxygen atoms in total. The fourth-order valence-corrected chi connectivity index (χ4v) is 4.23. The molecule has 0 N–H and O–H groups in total. The van der Waals surface area contributed by atoms with Crippen molar-refractivity contribution in [2.24, 2.45) is 0 Å². The van der Waals surface area contributed by atoms with Crippen LogP contribution in [0, 0.1) is 11.3 Å². The van der Waals surface area contributed by atoms with Crippen molar-refractivity contribution < 1.29 is 4.79 Å². The number of pyridine rings is 1. The van der Waals surface area contributed by atoms with Gasteiger partial charge in [-0.3, -0.25) is 14.7 Å². The number of carbonyl (C=O) groups excluding carboxylic acids is 1. The van der Waals surface area contributed by atoms with E-state index in [1.807, 2.05) is 24.0 Å². The molecule has 1 aliphatic rings. The summed E-state index contributed by atoms with van der Waals surface area (Å²) >= 11 is 0. The molecular formula is C26H30N4O. The molecule has 5 heteroatoms. The maximum Gasteiger partial charge on any atom is 0.255 e. The molecule has 1 amide bonds. The second-order valence-corrected chi connectivity index (χ2v) is 7.69. The van der Waals surface area contributed by atoms with Crippen LogP contribution in [-0.4, -0.2) is 46.4 Å². The van der Waals surface area contributed by atoms with Crippen LogP contribution in [0.2, 0.25) is 0 Å². The molecule has 0 bridgehead atoms. The van der Waals surface area contributed by atoms with Gasteiger partial charge in [0.1, 0.15) is 0 Å². The summed E-state index contributed by atoms with van der Waals surface area (Å²) in [6.07, 6.45) is 10.8. The summed E-state index contributed by atoms with van der Waals surface area (Å²) in [6, 6.07) is 16.3. The topological polar surface area (TPSA) is 60.2 Å². The Morgan fingerprint density at radius 3 is 2.71 bits per heavy atom. The molecule has 2 atom stereocenters. The molecule has 0 spiro atoms. The molecule has 1 saturated heterocycles. The normalized spacial score (nSPS) is 18.7. The number of nitrogens with zero attached hydrogens (tertiary/aromatic N) is 4. The number of benzene rings is 1. The lowest BCUT2D eigenvalue weighted by Crippen LogP contribution is -2.56. The van der Waals surface area contributed by atoms with Gasteiger partial charge in [0.25, 0.3) is 5.91 Å². The number of nitriles is 1. The summed E-state index contributed by atoms with van der Waals surface area (Å²) in [5.74, 6) is -0.0514. The molecule has 1 aliphatic heterocycles. The van der Waals surface area contributed by atoms with Crippen LogP contribution in [0.1, 0.15) is 48.7 Å². The van der Waals surface area contributed by atoms with Gasteiger partial charge in [0.15, 0.2) is 0 Å². The number of hydrogen-bond acceptors (Lipinski definition) is 4. The molecular weight excluding hydrogens is 384 g/mol. The Bertz CT molecular complexity index is 946. The number of allylic oxidation sites excluding steroid dienone is 3. The van der Waals surface area contributed by atoms with Gasteiger partial charge in [-0.25, -0.2) is 0 Å². The van der Waals surface area contributed by atoms with Crippen molar-refractivity contribution in [3.8, 4) is 6.07 Å². The van der Waals surface area contributed by atoms with Crippen LogP contribution in [0.3, 0.4) is 0 Å². The Balaban J connectivity index is 1.90. The first-order chi connectivity index (χ1) is 15.2. The molecule has 3 rings (SSSR count). The molecule has 160 valence electrons. The van der Waals surface area contributed by atoms with Crippen molar-refractivity contribution in [2.75, 3.05) is 19.6 Å². The predicted octanol–water partition coefficient (Wildman–Crippen LogP) is 4.78. The molecule has 0 saturated carbocycles. The zero-order valence-corrected chi connectivity index (χ0v) is 18.3. The van der Waals surface area contributed by atoms with E-state index in [2.05, 4.69) is 59.3 Å². The van der Waals surface area contributed by atoms with Crippen LogP contribution in [0.25, 0.3) is 0 Å². The molecule has 1 aromatic carbocycles. The minimum absolute atomic E-state index is 0.0514. The van der Waals surface area contributed by atoms with E-state index < -0.39 is 0 Å². The van der Waals surface area contributed by atoms with E-state index in [-0.39, 0.29) is 18.0 Å². The number of rotatable bonds is 7. The summed E-state index contributed by atoms with van der Waals surface area (Å²) in [4.78, 5) is 21.4. The summed E-state index contributed by atoms with van der Waals surface area (Å²) in [6.45, 7) is 6.20. The van der Waals surface area contributed by atoms with E-state index in [1.54, 1.807) is 24.5 Å². The summed E-state index contributed by atoms with van der Waals surface area (Å²) < 4.78 is 0.